The van der Waals surface area contributed by atoms with E-state index in [4.69, 9.17) is 14.6 Å². The summed E-state index contributed by atoms with van der Waals surface area (Å²) in [5.41, 5.74) is 7.02. The van der Waals surface area contributed by atoms with Crippen LogP contribution < -0.4 is 16.0 Å². The Morgan fingerprint density at radius 2 is 1.12 bits per heavy atom. The molecule has 2 aliphatic heterocycles. The van der Waals surface area contributed by atoms with Crippen molar-refractivity contribution in [2.75, 3.05) is 13.1 Å². The SMILES string of the molecule is CC(C)(C)OC(=O)NC1CCC(C(=O)O)CC1.CC(C)CC1NCCc2c1[nH]c1ccccc21.CC(C)CC1c2[nH]c3ccccc3c2CCN1C(=O)C1CCC(NC(=O)OC(C)(C)C)CC1. The Morgan fingerprint density at radius 1 is 0.657 bits per heavy atom. The van der Waals surface area contributed by atoms with Crippen LogP contribution in [0, 0.1) is 23.7 Å². The number of ether oxygens (including phenoxy) is 2. The average Bonchev–Trinajstić information content (AvgIpc) is 3.83. The van der Waals surface area contributed by atoms with Gasteiger partial charge in [0.25, 0.3) is 0 Å². The van der Waals surface area contributed by atoms with Crippen LogP contribution in [0.5, 0.6) is 0 Å². The lowest BCUT2D eigenvalue weighted by atomic mass is 9.83. The summed E-state index contributed by atoms with van der Waals surface area (Å²) >= 11 is 0. The third-order valence-corrected chi connectivity index (χ3v) is 13.4. The molecule has 368 valence electrons. The predicted molar refractivity (Wildman–Crippen MR) is 266 cm³/mol. The van der Waals surface area contributed by atoms with E-state index in [1.54, 1.807) is 0 Å². The average molecular weight is 925 g/mol. The van der Waals surface area contributed by atoms with Crippen LogP contribution >= 0.6 is 0 Å². The molecule has 4 aliphatic rings. The minimum atomic E-state index is -0.735. The van der Waals surface area contributed by atoms with Crippen LogP contribution in [-0.2, 0) is 31.9 Å². The molecule has 0 saturated heterocycles. The number of carbonyl (C=O) groups is 4. The molecule has 6 N–H and O–H groups in total. The summed E-state index contributed by atoms with van der Waals surface area (Å²) in [4.78, 5) is 57.5. The highest BCUT2D eigenvalue weighted by molar-refractivity contribution is 5.87. The molecule has 67 heavy (non-hydrogen) atoms. The number of aliphatic carboxylic acids is 1. The molecule has 13 nitrogen and oxygen atoms in total. The molecule has 2 unspecified atom stereocenters. The zero-order valence-corrected chi connectivity index (χ0v) is 42.0. The van der Waals surface area contributed by atoms with Gasteiger partial charge in [0.05, 0.1) is 12.0 Å². The van der Waals surface area contributed by atoms with Crippen molar-refractivity contribution in [3.8, 4) is 0 Å². The second-order valence-electron chi connectivity index (χ2n) is 22.2. The number of nitrogens with one attached hydrogen (secondary N) is 5. The Bertz CT molecular complexity index is 2280. The molecule has 2 atom stereocenters. The topological polar surface area (TPSA) is 178 Å². The molecule has 13 heteroatoms. The standard InChI is InChI=1S/C27H39N3O3.C15H20N2.C12H21NO4/c1-17(2)16-23-24-21(20-8-6-7-9-22(20)29-24)14-15-30(23)25(31)18-10-12-19(13-11-18)28-26(32)33-27(3,4)5;1-10(2)9-14-15-12(7-8-16-14)11-5-3-4-6-13(11)17-15;1-12(2,3)17-11(16)13-9-6-4-8(5-7-9)10(14)15/h6-9,17-19,23,29H,10-16H2,1-5H3,(H,28,32);3-6,10,14,16-17H,7-9H2,1-2H3;8-9H,4-7H2,1-3H3,(H,13,16)(H,14,15). The number of alkyl carbamates (subject to hydrolysis) is 2. The van der Waals surface area contributed by atoms with Crippen molar-refractivity contribution in [1.29, 1.82) is 0 Å². The second kappa shape index (κ2) is 22.4. The van der Waals surface area contributed by atoms with Gasteiger partial charge < -0.3 is 45.4 Å². The molecular weight excluding hydrogens is 845 g/mol. The van der Waals surface area contributed by atoms with Crippen LogP contribution in [0.4, 0.5) is 9.59 Å². The highest BCUT2D eigenvalue weighted by Gasteiger charge is 2.38. The number of carboxylic acid groups (broad SMARTS) is 1. The molecule has 2 saturated carbocycles. The van der Waals surface area contributed by atoms with E-state index >= 15 is 0 Å². The number of nitrogens with zero attached hydrogens (tertiary/aromatic N) is 1. The molecule has 4 heterocycles. The summed E-state index contributed by atoms with van der Waals surface area (Å²) < 4.78 is 10.5. The Labute approximate surface area is 398 Å². The summed E-state index contributed by atoms with van der Waals surface area (Å²) in [5.74, 6) is 0.539. The van der Waals surface area contributed by atoms with E-state index in [1.807, 2.05) is 41.5 Å². The van der Waals surface area contributed by atoms with E-state index in [2.05, 4.69) is 107 Å². The van der Waals surface area contributed by atoms with Gasteiger partial charge in [0.1, 0.15) is 11.2 Å². The molecule has 0 spiro atoms. The van der Waals surface area contributed by atoms with Gasteiger partial charge in [-0.3, -0.25) is 9.59 Å². The first-order chi connectivity index (χ1) is 31.7. The van der Waals surface area contributed by atoms with Gasteiger partial charge in [-0.15, -0.1) is 0 Å². The molecule has 2 fully saturated rings. The molecule has 2 aliphatic carbocycles. The van der Waals surface area contributed by atoms with Crippen molar-refractivity contribution in [3.05, 3.63) is 71.0 Å². The summed E-state index contributed by atoms with van der Waals surface area (Å²) in [5, 5.41) is 21.0. The highest BCUT2D eigenvalue weighted by atomic mass is 16.6. The van der Waals surface area contributed by atoms with Gasteiger partial charge in [0.15, 0.2) is 0 Å². The Balaban J connectivity index is 0.000000183. The third-order valence-electron chi connectivity index (χ3n) is 13.4. The number of amides is 3. The van der Waals surface area contributed by atoms with Gasteiger partial charge in [-0.05, 0) is 160 Å². The Kier molecular flexibility index (Phi) is 17.2. The number of carbonyl (C=O) groups excluding carboxylic acids is 3. The number of aromatic nitrogens is 2. The monoisotopic (exact) mass is 925 g/mol. The van der Waals surface area contributed by atoms with Crippen molar-refractivity contribution in [1.82, 2.24) is 30.8 Å². The molecule has 0 bridgehead atoms. The Hall–Kier alpha value is -5.04. The number of carboxylic acids is 1. The molecular formula is C54H80N6O7. The van der Waals surface area contributed by atoms with Crippen LogP contribution in [0.3, 0.4) is 0 Å². The quantitative estimate of drug-likeness (QED) is 0.101. The lowest BCUT2D eigenvalue weighted by Crippen LogP contribution is -2.46. The summed E-state index contributed by atoms with van der Waals surface area (Å²) in [6.45, 7) is 22.0. The first kappa shape index (κ1) is 51.4. The first-order valence-corrected chi connectivity index (χ1v) is 25.1. The minimum Gasteiger partial charge on any atom is -0.481 e. The maximum atomic E-state index is 13.7. The van der Waals surface area contributed by atoms with E-state index in [0.717, 1.165) is 64.0 Å². The summed E-state index contributed by atoms with van der Waals surface area (Å²) in [6.07, 6.45) is 9.33. The lowest BCUT2D eigenvalue weighted by Gasteiger charge is -2.40. The van der Waals surface area contributed by atoms with Gasteiger partial charge in [0, 0.05) is 63.8 Å². The largest absolute Gasteiger partial charge is 0.481 e. The van der Waals surface area contributed by atoms with Crippen LogP contribution in [0.1, 0.15) is 168 Å². The number of H-pyrrole nitrogens is 2. The minimum absolute atomic E-state index is 0.0299. The molecule has 3 amide bonds. The summed E-state index contributed by atoms with van der Waals surface area (Å²) in [6, 6.07) is 17.9. The summed E-state index contributed by atoms with van der Waals surface area (Å²) in [7, 11) is 0. The van der Waals surface area contributed by atoms with Crippen LogP contribution in [-0.4, -0.2) is 80.4 Å². The van der Waals surface area contributed by atoms with Crippen molar-refractivity contribution >= 4 is 45.9 Å². The molecule has 8 rings (SSSR count). The van der Waals surface area contributed by atoms with E-state index in [-0.39, 0.29) is 42.0 Å². The predicted octanol–water partition coefficient (Wildman–Crippen LogP) is 11.3. The van der Waals surface area contributed by atoms with Gasteiger partial charge in [-0.1, -0.05) is 64.1 Å². The van der Waals surface area contributed by atoms with Gasteiger partial charge in [-0.2, -0.15) is 0 Å². The highest BCUT2D eigenvalue weighted by Crippen LogP contribution is 2.40. The fourth-order valence-electron chi connectivity index (χ4n) is 10.4. The maximum absolute atomic E-state index is 13.7. The number of hydrogen-bond donors (Lipinski definition) is 6. The van der Waals surface area contributed by atoms with E-state index in [0.29, 0.717) is 37.6 Å². The van der Waals surface area contributed by atoms with Crippen molar-refractivity contribution in [2.24, 2.45) is 23.7 Å². The lowest BCUT2D eigenvalue weighted by molar-refractivity contribution is -0.143. The fraction of sp³-hybridized carbons (Fsp3) is 0.630. The smallest absolute Gasteiger partial charge is 0.407 e. The van der Waals surface area contributed by atoms with E-state index in [1.165, 1.54) is 50.7 Å². The fourth-order valence-corrected chi connectivity index (χ4v) is 10.4. The Morgan fingerprint density at radius 3 is 1.60 bits per heavy atom. The number of hydrogen-bond acceptors (Lipinski definition) is 7. The van der Waals surface area contributed by atoms with Gasteiger partial charge in [-0.25, -0.2) is 9.59 Å². The number of rotatable bonds is 8. The van der Waals surface area contributed by atoms with Crippen molar-refractivity contribution in [2.45, 2.75) is 182 Å². The number of aromatic amines is 2. The zero-order valence-electron chi connectivity index (χ0n) is 42.0. The zero-order chi connectivity index (χ0) is 48.6. The number of benzene rings is 2. The van der Waals surface area contributed by atoms with Crippen LogP contribution in [0.15, 0.2) is 48.5 Å². The van der Waals surface area contributed by atoms with Gasteiger partial charge >= 0.3 is 18.2 Å². The van der Waals surface area contributed by atoms with Crippen molar-refractivity contribution in [3.63, 3.8) is 0 Å². The third kappa shape index (κ3) is 14.2. The van der Waals surface area contributed by atoms with E-state index in [9.17, 15) is 19.2 Å². The molecule has 2 aromatic carbocycles. The number of fused-ring (bicyclic) bond motifs is 6. The number of para-hydroxylation sites is 2. The molecule has 0 radical (unpaired) electrons. The maximum Gasteiger partial charge on any atom is 0.407 e. The normalized spacial score (nSPS) is 23.0. The first-order valence-electron chi connectivity index (χ1n) is 25.1. The molecule has 4 aromatic rings. The second-order valence-corrected chi connectivity index (χ2v) is 22.2. The molecule has 2 aromatic heterocycles. The van der Waals surface area contributed by atoms with Gasteiger partial charge in [0.2, 0.25) is 5.91 Å². The van der Waals surface area contributed by atoms with Crippen LogP contribution in [0.25, 0.3) is 21.8 Å². The van der Waals surface area contributed by atoms with Crippen molar-refractivity contribution < 1.29 is 33.8 Å². The van der Waals surface area contributed by atoms with E-state index < -0.39 is 23.3 Å². The van der Waals surface area contributed by atoms with Crippen LogP contribution in [0.2, 0.25) is 0 Å².